The number of fused-ring (bicyclic) bond motifs is 1. The Morgan fingerprint density at radius 2 is 2.25 bits per heavy atom. The summed E-state index contributed by atoms with van der Waals surface area (Å²) in [4.78, 5) is 13.0. The highest BCUT2D eigenvalue weighted by atomic mass is 79.9. The van der Waals surface area contributed by atoms with Crippen LogP contribution in [0.3, 0.4) is 0 Å². The fourth-order valence-electron chi connectivity index (χ4n) is 2.63. The van der Waals surface area contributed by atoms with E-state index in [9.17, 15) is 4.79 Å². The Bertz CT molecular complexity index is 676. The molecule has 3 rings (SSSR count). The SMILES string of the molecule is CC1(CNC(=O)c2sc3cccc(Br)c3c2N)CCC1. The lowest BCUT2D eigenvalue weighted by Crippen LogP contribution is -2.39. The fraction of sp³-hybridized carbons (Fsp3) is 0.400. The normalized spacial score (nSPS) is 16.9. The van der Waals surface area contributed by atoms with Crippen molar-refractivity contribution in [1.82, 2.24) is 5.32 Å². The number of rotatable bonds is 3. The summed E-state index contributed by atoms with van der Waals surface area (Å²) in [6, 6.07) is 5.90. The van der Waals surface area contributed by atoms with E-state index in [-0.39, 0.29) is 11.3 Å². The largest absolute Gasteiger partial charge is 0.397 e. The molecule has 5 heteroatoms. The molecule has 0 atom stereocenters. The topological polar surface area (TPSA) is 55.1 Å². The van der Waals surface area contributed by atoms with Crippen LogP contribution in [0.15, 0.2) is 22.7 Å². The van der Waals surface area contributed by atoms with Gasteiger partial charge in [0.25, 0.3) is 5.91 Å². The van der Waals surface area contributed by atoms with E-state index in [0.717, 1.165) is 21.1 Å². The summed E-state index contributed by atoms with van der Waals surface area (Å²) in [7, 11) is 0. The maximum atomic E-state index is 12.3. The summed E-state index contributed by atoms with van der Waals surface area (Å²) >= 11 is 4.95. The first-order valence-corrected chi connectivity index (χ1v) is 8.36. The van der Waals surface area contributed by atoms with Crippen LogP contribution in [0, 0.1) is 5.41 Å². The van der Waals surface area contributed by atoms with Crippen molar-refractivity contribution in [3.63, 3.8) is 0 Å². The first-order chi connectivity index (χ1) is 9.50. The lowest BCUT2D eigenvalue weighted by atomic mass is 9.70. The fourth-order valence-corrected chi connectivity index (χ4v) is 4.41. The number of carbonyl (C=O) groups excluding carboxylic acids is 1. The molecule has 3 N–H and O–H groups in total. The summed E-state index contributed by atoms with van der Waals surface area (Å²) in [6.07, 6.45) is 3.66. The van der Waals surface area contributed by atoms with Gasteiger partial charge in [-0.2, -0.15) is 0 Å². The van der Waals surface area contributed by atoms with E-state index in [4.69, 9.17) is 5.73 Å². The van der Waals surface area contributed by atoms with Crippen molar-refractivity contribution >= 4 is 48.9 Å². The Balaban J connectivity index is 1.84. The third-order valence-electron chi connectivity index (χ3n) is 4.14. The molecule has 3 nitrogen and oxygen atoms in total. The van der Waals surface area contributed by atoms with E-state index < -0.39 is 0 Å². The second kappa shape index (κ2) is 5.04. The average molecular weight is 353 g/mol. The minimum atomic E-state index is -0.0521. The molecule has 20 heavy (non-hydrogen) atoms. The van der Waals surface area contributed by atoms with E-state index in [1.54, 1.807) is 0 Å². The molecule has 106 valence electrons. The Morgan fingerprint density at radius 1 is 1.50 bits per heavy atom. The number of anilines is 1. The van der Waals surface area contributed by atoms with E-state index in [1.807, 2.05) is 18.2 Å². The molecule has 0 spiro atoms. The number of hydrogen-bond donors (Lipinski definition) is 2. The number of nitrogen functional groups attached to an aromatic ring is 1. The van der Waals surface area contributed by atoms with Gasteiger partial charge in [0.05, 0.1) is 5.69 Å². The average Bonchev–Trinajstić information content (AvgIpc) is 2.72. The number of halogens is 1. The number of benzene rings is 1. The van der Waals surface area contributed by atoms with Crippen LogP contribution in [-0.2, 0) is 0 Å². The molecular formula is C15H17BrN2OS. The van der Waals surface area contributed by atoms with Gasteiger partial charge in [-0.3, -0.25) is 4.79 Å². The zero-order valence-electron chi connectivity index (χ0n) is 11.3. The Hall–Kier alpha value is -1.07. The van der Waals surface area contributed by atoms with Crippen molar-refractivity contribution in [2.75, 3.05) is 12.3 Å². The first-order valence-electron chi connectivity index (χ1n) is 6.75. The molecule has 1 amide bonds. The molecule has 1 aliphatic carbocycles. The number of amides is 1. The molecule has 0 aliphatic heterocycles. The second-order valence-corrected chi connectivity index (χ2v) is 7.71. The third-order valence-corrected chi connectivity index (χ3v) is 5.97. The predicted octanol–water partition coefficient (Wildman–Crippen LogP) is 4.17. The molecule has 0 bridgehead atoms. The van der Waals surface area contributed by atoms with Crippen molar-refractivity contribution in [1.29, 1.82) is 0 Å². The Morgan fingerprint density at radius 3 is 2.85 bits per heavy atom. The lowest BCUT2D eigenvalue weighted by Gasteiger charge is -2.38. The standard InChI is InChI=1S/C15H17BrN2OS/c1-15(6-3-7-15)8-18-14(19)13-12(17)11-9(16)4-2-5-10(11)20-13/h2,4-5H,3,6-8,17H2,1H3,(H,18,19). The van der Waals surface area contributed by atoms with Crippen LogP contribution in [0.25, 0.3) is 10.1 Å². The van der Waals surface area contributed by atoms with Gasteiger partial charge in [0.15, 0.2) is 0 Å². The molecule has 1 aromatic heterocycles. The van der Waals surface area contributed by atoms with Crippen LogP contribution in [0.4, 0.5) is 5.69 Å². The van der Waals surface area contributed by atoms with Gasteiger partial charge >= 0.3 is 0 Å². The van der Waals surface area contributed by atoms with E-state index in [2.05, 4.69) is 28.2 Å². The monoisotopic (exact) mass is 352 g/mol. The van der Waals surface area contributed by atoms with Gasteiger partial charge < -0.3 is 11.1 Å². The molecule has 1 fully saturated rings. The third kappa shape index (κ3) is 2.33. The van der Waals surface area contributed by atoms with Gasteiger partial charge in [-0.15, -0.1) is 11.3 Å². The summed E-state index contributed by atoms with van der Waals surface area (Å²) < 4.78 is 1.98. The number of thiophene rings is 1. The van der Waals surface area contributed by atoms with Gasteiger partial charge in [-0.1, -0.05) is 35.3 Å². The van der Waals surface area contributed by atoms with Crippen molar-refractivity contribution in [2.45, 2.75) is 26.2 Å². The molecule has 1 saturated carbocycles. The van der Waals surface area contributed by atoms with Gasteiger partial charge in [0, 0.05) is 21.1 Å². The predicted molar refractivity (Wildman–Crippen MR) is 88.2 cm³/mol. The Kier molecular flexibility index (Phi) is 3.50. The van der Waals surface area contributed by atoms with Crippen molar-refractivity contribution < 1.29 is 4.79 Å². The van der Waals surface area contributed by atoms with E-state index in [0.29, 0.717) is 10.6 Å². The van der Waals surface area contributed by atoms with E-state index >= 15 is 0 Å². The van der Waals surface area contributed by atoms with Crippen LogP contribution < -0.4 is 11.1 Å². The molecule has 0 unspecified atom stereocenters. The maximum absolute atomic E-state index is 12.3. The number of nitrogens with one attached hydrogen (secondary N) is 1. The molecule has 1 heterocycles. The second-order valence-electron chi connectivity index (χ2n) is 5.80. The van der Waals surface area contributed by atoms with Gasteiger partial charge in [0.1, 0.15) is 4.88 Å². The highest BCUT2D eigenvalue weighted by Gasteiger charge is 2.32. The van der Waals surface area contributed by atoms with Crippen molar-refractivity contribution in [3.05, 3.63) is 27.5 Å². The summed E-state index contributed by atoms with van der Waals surface area (Å²) in [6.45, 7) is 2.96. The number of hydrogen-bond acceptors (Lipinski definition) is 3. The Labute approximate surface area is 130 Å². The van der Waals surface area contributed by atoms with Crippen LogP contribution in [0.5, 0.6) is 0 Å². The summed E-state index contributed by atoms with van der Waals surface area (Å²) in [5.41, 5.74) is 7.00. The van der Waals surface area contributed by atoms with E-state index in [1.165, 1.54) is 30.6 Å². The van der Waals surface area contributed by atoms with Gasteiger partial charge in [0.2, 0.25) is 0 Å². The molecule has 0 saturated heterocycles. The minimum Gasteiger partial charge on any atom is -0.397 e. The first kappa shape index (κ1) is 13.9. The maximum Gasteiger partial charge on any atom is 0.263 e. The van der Waals surface area contributed by atoms with Crippen LogP contribution >= 0.6 is 27.3 Å². The molecule has 1 aromatic carbocycles. The summed E-state index contributed by atoms with van der Waals surface area (Å²) in [5.74, 6) is -0.0521. The lowest BCUT2D eigenvalue weighted by molar-refractivity contribution is 0.0895. The molecule has 0 radical (unpaired) electrons. The van der Waals surface area contributed by atoms with Crippen molar-refractivity contribution in [2.24, 2.45) is 5.41 Å². The quantitative estimate of drug-likeness (QED) is 0.870. The molecule has 2 aromatic rings. The van der Waals surface area contributed by atoms with Gasteiger partial charge in [-0.25, -0.2) is 0 Å². The summed E-state index contributed by atoms with van der Waals surface area (Å²) in [5, 5.41) is 3.98. The van der Waals surface area contributed by atoms with Crippen LogP contribution in [-0.4, -0.2) is 12.5 Å². The smallest absolute Gasteiger partial charge is 0.263 e. The van der Waals surface area contributed by atoms with Crippen LogP contribution in [0.1, 0.15) is 35.9 Å². The minimum absolute atomic E-state index is 0.0521. The molecule has 1 aliphatic rings. The number of nitrogens with two attached hydrogens (primary N) is 1. The van der Waals surface area contributed by atoms with Gasteiger partial charge in [-0.05, 0) is 30.4 Å². The molecular weight excluding hydrogens is 336 g/mol. The zero-order valence-corrected chi connectivity index (χ0v) is 13.7. The van der Waals surface area contributed by atoms with Crippen LogP contribution in [0.2, 0.25) is 0 Å². The highest BCUT2D eigenvalue weighted by Crippen LogP contribution is 2.40. The van der Waals surface area contributed by atoms with Crippen molar-refractivity contribution in [3.8, 4) is 0 Å². The highest BCUT2D eigenvalue weighted by molar-refractivity contribution is 9.10. The zero-order chi connectivity index (χ0) is 14.3. The number of carbonyl (C=O) groups is 1.